The predicted molar refractivity (Wildman–Crippen MR) is 135 cm³/mol. The Morgan fingerprint density at radius 1 is 1.00 bits per heavy atom. The molecule has 2 atom stereocenters. The summed E-state index contributed by atoms with van der Waals surface area (Å²) in [5.41, 5.74) is 1.76. The van der Waals surface area contributed by atoms with E-state index in [9.17, 15) is 4.79 Å². The molecule has 0 aromatic heterocycles. The van der Waals surface area contributed by atoms with Crippen LogP contribution < -0.4 is 23.7 Å². The van der Waals surface area contributed by atoms with Crippen molar-refractivity contribution in [2.45, 2.75) is 38.7 Å². The third kappa shape index (κ3) is 5.56. The minimum atomic E-state index is -0.660. The number of hydrogen-bond donors (Lipinski definition) is 0. The largest absolute Gasteiger partial charge is 0.493 e. The number of carbonyl (C=O) groups excluding carboxylic acids is 1. The molecule has 0 bridgehead atoms. The van der Waals surface area contributed by atoms with Crippen molar-refractivity contribution in [2.24, 2.45) is 5.92 Å². The summed E-state index contributed by atoms with van der Waals surface area (Å²) in [5.74, 6) is 1.24. The van der Waals surface area contributed by atoms with Gasteiger partial charge in [0.1, 0.15) is 5.60 Å². The lowest BCUT2D eigenvalue weighted by atomic mass is 9.76. The smallest absolute Gasteiger partial charge is 0.310 e. The van der Waals surface area contributed by atoms with Gasteiger partial charge >= 0.3 is 5.97 Å². The number of fused-ring (bicyclic) bond motifs is 1. The summed E-state index contributed by atoms with van der Waals surface area (Å²) < 4.78 is 33.8. The lowest BCUT2D eigenvalue weighted by Crippen LogP contribution is -2.32. The molecule has 0 N–H and O–H groups in total. The number of rotatable bonds is 10. The van der Waals surface area contributed by atoms with Crippen molar-refractivity contribution < 1.29 is 33.2 Å². The maximum Gasteiger partial charge on any atom is 0.310 e. The van der Waals surface area contributed by atoms with Gasteiger partial charge in [-0.2, -0.15) is 0 Å². The predicted octanol–water partition coefficient (Wildman–Crippen LogP) is 5.75. The highest BCUT2D eigenvalue weighted by Crippen LogP contribution is 2.47. The fourth-order valence-electron chi connectivity index (χ4n) is 4.25. The molecule has 0 aliphatic carbocycles. The Bertz CT molecular complexity index is 1070. The molecule has 3 rings (SSSR count). The first kappa shape index (κ1) is 26.0. The Hall–Kier alpha value is -3.61. The zero-order valence-electron chi connectivity index (χ0n) is 21.3. The van der Waals surface area contributed by atoms with Crippen LogP contribution in [-0.4, -0.2) is 39.7 Å². The van der Waals surface area contributed by atoms with Gasteiger partial charge in [0.25, 0.3) is 0 Å². The molecule has 188 valence electrons. The van der Waals surface area contributed by atoms with Crippen molar-refractivity contribution in [3.8, 4) is 28.7 Å². The summed E-state index contributed by atoms with van der Waals surface area (Å²) in [4.78, 5) is 13.6. The molecule has 0 fully saturated rings. The summed E-state index contributed by atoms with van der Waals surface area (Å²) >= 11 is 0. The molecule has 2 aromatic rings. The van der Waals surface area contributed by atoms with E-state index in [4.69, 9.17) is 28.4 Å². The third-order valence-corrected chi connectivity index (χ3v) is 5.71. The Morgan fingerprint density at radius 3 is 2.09 bits per heavy atom. The van der Waals surface area contributed by atoms with Crippen molar-refractivity contribution in [2.75, 3.05) is 28.1 Å². The van der Waals surface area contributed by atoms with Crippen LogP contribution in [0.3, 0.4) is 0 Å². The van der Waals surface area contributed by atoms with Crippen LogP contribution in [0.5, 0.6) is 28.7 Å². The number of methoxy groups -OCH3 is 3. The average molecular weight is 483 g/mol. The van der Waals surface area contributed by atoms with Gasteiger partial charge in [0.15, 0.2) is 23.0 Å². The highest BCUT2D eigenvalue weighted by Gasteiger charge is 2.36. The number of benzene rings is 2. The Labute approximate surface area is 207 Å². The first-order valence-corrected chi connectivity index (χ1v) is 11.4. The normalized spacial score (nSPS) is 14.0. The zero-order chi connectivity index (χ0) is 25.8. The fraction of sp³-hybridized carbons (Fsp3) is 0.393. The molecule has 0 spiro atoms. The van der Waals surface area contributed by atoms with Crippen molar-refractivity contribution >= 4 is 12.0 Å². The van der Waals surface area contributed by atoms with Crippen LogP contribution in [0.2, 0.25) is 0 Å². The topological polar surface area (TPSA) is 72.5 Å². The van der Waals surface area contributed by atoms with Crippen LogP contribution in [0.4, 0.5) is 0 Å². The number of hydrogen-bond acceptors (Lipinski definition) is 7. The summed E-state index contributed by atoms with van der Waals surface area (Å²) in [6, 6.07) is 7.47. The van der Waals surface area contributed by atoms with Crippen LogP contribution in [0.25, 0.3) is 6.08 Å². The van der Waals surface area contributed by atoms with E-state index in [0.717, 1.165) is 16.7 Å². The van der Waals surface area contributed by atoms with Gasteiger partial charge in [-0.3, -0.25) is 4.79 Å². The molecule has 2 aromatic carbocycles. The van der Waals surface area contributed by atoms with Gasteiger partial charge < -0.3 is 28.4 Å². The second-order valence-electron chi connectivity index (χ2n) is 9.14. The Morgan fingerprint density at radius 2 is 1.60 bits per heavy atom. The fourth-order valence-corrected chi connectivity index (χ4v) is 4.25. The Balaban J connectivity index is 2.31. The van der Waals surface area contributed by atoms with Crippen LogP contribution >= 0.6 is 0 Å². The standard InChI is InChI=1S/C28H34O7/c1-9-11-19(27(29)35-28(3,4)5)25(18-13-23(30-6)26(32-8)24(14-18)31-7)20-15-22-21(33-16-34-22)12-17(20)10-2/h9-10,12-15,19,25H,1-2,11,16H2,3-8H3. The number of carbonyl (C=O) groups is 1. The minimum absolute atomic E-state index is 0.131. The van der Waals surface area contributed by atoms with Crippen LogP contribution in [0, 0.1) is 5.92 Å². The summed E-state index contributed by atoms with van der Waals surface area (Å²) in [6.45, 7) is 13.6. The van der Waals surface area contributed by atoms with Crippen LogP contribution in [-0.2, 0) is 9.53 Å². The van der Waals surface area contributed by atoms with Gasteiger partial charge in [0, 0.05) is 5.92 Å². The van der Waals surface area contributed by atoms with E-state index >= 15 is 0 Å². The third-order valence-electron chi connectivity index (χ3n) is 5.71. The van der Waals surface area contributed by atoms with Gasteiger partial charge in [-0.25, -0.2) is 0 Å². The van der Waals surface area contributed by atoms with Crippen molar-refractivity contribution in [3.05, 3.63) is 60.2 Å². The molecule has 7 heteroatoms. The Kier molecular flexibility index (Phi) is 7.99. The lowest BCUT2D eigenvalue weighted by Gasteiger charge is -2.31. The SMILES string of the molecule is C=CCC(C(=O)OC(C)(C)C)C(c1cc(OC)c(OC)c(OC)c1)c1cc2c(cc1C=C)OCO2. The first-order valence-electron chi connectivity index (χ1n) is 11.4. The summed E-state index contributed by atoms with van der Waals surface area (Å²) in [7, 11) is 4.66. The first-order chi connectivity index (χ1) is 16.7. The average Bonchev–Trinajstić information content (AvgIpc) is 3.28. The molecule has 35 heavy (non-hydrogen) atoms. The quantitative estimate of drug-likeness (QED) is 0.315. The van der Waals surface area contributed by atoms with Crippen molar-refractivity contribution in [3.63, 3.8) is 0 Å². The molecule has 1 aliphatic heterocycles. The summed E-state index contributed by atoms with van der Waals surface area (Å²) in [5, 5.41) is 0. The molecule has 0 amide bonds. The summed E-state index contributed by atoms with van der Waals surface area (Å²) in [6.07, 6.45) is 3.84. The van der Waals surface area contributed by atoms with Gasteiger partial charge in [-0.15, -0.1) is 6.58 Å². The van der Waals surface area contributed by atoms with Gasteiger partial charge in [-0.05, 0) is 68.1 Å². The molecular weight excluding hydrogens is 448 g/mol. The lowest BCUT2D eigenvalue weighted by molar-refractivity contribution is -0.160. The molecule has 1 heterocycles. The van der Waals surface area contributed by atoms with Crippen LogP contribution in [0.1, 0.15) is 49.8 Å². The molecule has 7 nitrogen and oxygen atoms in total. The maximum absolute atomic E-state index is 13.6. The van der Waals surface area contributed by atoms with Crippen molar-refractivity contribution in [1.82, 2.24) is 0 Å². The van der Waals surface area contributed by atoms with E-state index < -0.39 is 17.4 Å². The number of ether oxygens (including phenoxy) is 6. The second kappa shape index (κ2) is 10.8. The minimum Gasteiger partial charge on any atom is -0.493 e. The molecule has 0 radical (unpaired) electrons. The number of esters is 1. The van der Waals surface area contributed by atoms with E-state index in [1.54, 1.807) is 33.5 Å². The highest BCUT2D eigenvalue weighted by atomic mass is 16.7. The van der Waals surface area contributed by atoms with Crippen molar-refractivity contribution in [1.29, 1.82) is 0 Å². The molecule has 1 aliphatic rings. The maximum atomic E-state index is 13.6. The molecular formula is C28H34O7. The number of allylic oxidation sites excluding steroid dienone is 1. The molecule has 0 saturated heterocycles. The van der Waals surface area contributed by atoms with E-state index in [0.29, 0.717) is 35.2 Å². The second-order valence-corrected chi connectivity index (χ2v) is 9.14. The zero-order valence-corrected chi connectivity index (χ0v) is 21.3. The molecule has 0 saturated carbocycles. The molecule has 2 unspecified atom stereocenters. The van der Waals surface area contributed by atoms with Crippen LogP contribution in [0.15, 0.2) is 43.5 Å². The van der Waals surface area contributed by atoms with E-state index in [2.05, 4.69) is 13.2 Å². The van der Waals surface area contributed by atoms with E-state index in [1.807, 2.05) is 45.0 Å². The van der Waals surface area contributed by atoms with Gasteiger partial charge in [-0.1, -0.05) is 18.7 Å². The highest BCUT2D eigenvalue weighted by molar-refractivity contribution is 5.77. The monoisotopic (exact) mass is 482 g/mol. The van der Waals surface area contributed by atoms with E-state index in [1.165, 1.54) is 0 Å². The van der Waals surface area contributed by atoms with Gasteiger partial charge in [0.2, 0.25) is 12.5 Å². The van der Waals surface area contributed by atoms with E-state index in [-0.39, 0.29) is 12.8 Å². The van der Waals surface area contributed by atoms with Gasteiger partial charge in [0.05, 0.1) is 27.2 Å².